The smallest absolute Gasteiger partial charge is 0.0662 e. The molecule has 4 heteroatoms. The molecule has 4 nitrogen and oxygen atoms in total. The van der Waals surface area contributed by atoms with Gasteiger partial charge in [0.05, 0.1) is 18.8 Å². The molecule has 1 N–H and O–H groups in total. The highest BCUT2D eigenvalue weighted by atomic mass is 16.5. The molecule has 1 aromatic heterocycles. The lowest BCUT2D eigenvalue weighted by atomic mass is 10.1. The lowest BCUT2D eigenvalue weighted by molar-refractivity contribution is 0.113. The topological polar surface area (TPSA) is 39.1 Å². The summed E-state index contributed by atoms with van der Waals surface area (Å²) in [7, 11) is 0. The highest BCUT2D eigenvalue weighted by Crippen LogP contribution is 2.13. The van der Waals surface area contributed by atoms with Gasteiger partial charge in [-0.1, -0.05) is 27.7 Å². The summed E-state index contributed by atoms with van der Waals surface area (Å²) in [5.41, 5.74) is 3.82. The van der Waals surface area contributed by atoms with E-state index in [1.54, 1.807) is 0 Å². The second kappa shape index (κ2) is 9.21. The number of nitrogens with zero attached hydrogens (tertiary/aromatic N) is 2. The average molecular weight is 295 g/mol. The van der Waals surface area contributed by atoms with E-state index < -0.39 is 0 Å². The Hall–Kier alpha value is -0.870. The van der Waals surface area contributed by atoms with Crippen LogP contribution in [-0.2, 0) is 17.7 Å². The second-order valence-electron chi connectivity index (χ2n) is 6.53. The maximum absolute atomic E-state index is 5.69. The Morgan fingerprint density at radius 2 is 1.86 bits per heavy atom. The number of nitrogens with one attached hydrogen (secondary N) is 1. The molecule has 0 radical (unpaired) electrons. The molecule has 0 aliphatic rings. The van der Waals surface area contributed by atoms with Crippen LogP contribution in [0.25, 0.3) is 0 Å². The van der Waals surface area contributed by atoms with Crippen molar-refractivity contribution in [1.82, 2.24) is 15.1 Å². The van der Waals surface area contributed by atoms with Gasteiger partial charge >= 0.3 is 0 Å². The van der Waals surface area contributed by atoms with Crippen molar-refractivity contribution in [2.24, 2.45) is 5.92 Å². The Morgan fingerprint density at radius 3 is 2.48 bits per heavy atom. The predicted octanol–water partition coefficient (Wildman–Crippen LogP) is 3.10. The number of hydrogen-bond acceptors (Lipinski definition) is 3. The van der Waals surface area contributed by atoms with Gasteiger partial charge in [-0.25, -0.2) is 0 Å². The van der Waals surface area contributed by atoms with Gasteiger partial charge in [-0.3, -0.25) is 4.68 Å². The Balaban J connectivity index is 2.41. The number of rotatable bonds is 10. The first-order valence-electron chi connectivity index (χ1n) is 8.25. The fourth-order valence-electron chi connectivity index (χ4n) is 2.37. The van der Waals surface area contributed by atoms with Gasteiger partial charge in [0.25, 0.3) is 0 Å². The van der Waals surface area contributed by atoms with Crippen LogP contribution in [-0.4, -0.2) is 35.6 Å². The molecule has 0 aliphatic carbocycles. The van der Waals surface area contributed by atoms with E-state index in [1.165, 1.54) is 11.3 Å². The van der Waals surface area contributed by atoms with Gasteiger partial charge in [0.15, 0.2) is 0 Å². The van der Waals surface area contributed by atoms with E-state index in [0.717, 1.165) is 44.8 Å². The number of hydrogen-bond donors (Lipinski definition) is 1. The van der Waals surface area contributed by atoms with E-state index in [0.29, 0.717) is 12.0 Å². The van der Waals surface area contributed by atoms with E-state index in [9.17, 15) is 0 Å². The van der Waals surface area contributed by atoms with Crippen LogP contribution in [0.2, 0.25) is 0 Å². The second-order valence-corrected chi connectivity index (χ2v) is 6.53. The first-order chi connectivity index (χ1) is 9.91. The van der Waals surface area contributed by atoms with Crippen LogP contribution in [0.5, 0.6) is 0 Å². The zero-order valence-electron chi connectivity index (χ0n) is 14.7. The normalized spacial score (nSPS) is 11.8. The summed E-state index contributed by atoms with van der Waals surface area (Å²) < 4.78 is 7.78. The van der Waals surface area contributed by atoms with Crippen molar-refractivity contribution in [2.75, 3.05) is 19.8 Å². The highest BCUT2D eigenvalue weighted by molar-refractivity contribution is 5.24. The summed E-state index contributed by atoms with van der Waals surface area (Å²) in [5.74, 6) is 0.707. The summed E-state index contributed by atoms with van der Waals surface area (Å²) in [5, 5.41) is 8.12. The quantitative estimate of drug-likeness (QED) is 0.674. The average Bonchev–Trinajstić information content (AvgIpc) is 2.65. The van der Waals surface area contributed by atoms with E-state index in [4.69, 9.17) is 4.74 Å². The van der Waals surface area contributed by atoms with Crippen LogP contribution in [0.1, 0.15) is 51.1 Å². The molecule has 1 aromatic rings. The van der Waals surface area contributed by atoms with Crippen LogP contribution in [0, 0.1) is 19.8 Å². The SMILES string of the molecule is Cc1nn(CCOCCC(C)C)c(C)c1CCNC(C)C. The molecule has 0 amide bonds. The zero-order valence-corrected chi connectivity index (χ0v) is 14.7. The molecule has 0 fully saturated rings. The summed E-state index contributed by atoms with van der Waals surface area (Å²) in [6, 6.07) is 0.537. The minimum atomic E-state index is 0.537. The molecule has 0 bridgehead atoms. The fourth-order valence-corrected chi connectivity index (χ4v) is 2.37. The molecule has 0 spiro atoms. The predicted molar refractivity (Wildman–Crippen MR) is 88.8 cm³/mol. The highest BCUT2D eigenvalue weighted by Gasteiger charge is 2.11. The van der Waals surface area contributed by atoms with Gasteiger partial charge in [0.2, 0.25) is 0 Å². The molecule has 0 aromatic carbocycles. The van der Waals surface area contributed by atoms with Crippen molar-refractivity contribution in [3.05, 3.63) is 17.0 Å². The molecular weight excluding hydrogens is 262 g/mol. The Labute approximate surface area is 130 Å². The van der Waals surface area contributed by atoms with Gasteiger partial charge in [-0.2, -0.15) is 5.10 Å². The van der Waals surface area contributed by atoms with E-state index in [1.807, 2.05) is 0 Å². The van der Waals surface area contributed by atoms with Crippen molar-refractivity contribution in [3.63, 3.8) is 0 Å². The number of ether oxygens (including phenoxy) is 1. The molecule has 0 saturated carbocycles. The lowest BCUT2D eigenvalue weighted by Gasteiger charge is -2.09. The summed E-state index contributed by atoms with van der Waals surface area (Å²) >= 11 is 0. The maximum Gasteiger partial charge on any atom is 0.0662 e. The van der Waals surface area contributed by atoms with Crippen molar-refractivity contribution in [2.45, 2.75) is 67.0 Å². The van der Waals surface area contributed by atoms with Crippen LogP contribution in [0.3, 0.4) is 0 Å². The first kappa shape index (κ1) is 18.2. The third-order valence-corrected chi connectivity index (χ3v) is 3.75. The van der Waals surface area contributed by atoms with Crippen molar-refractivity contribution in [1.29, 1.82) is 0 Å². The van der Waals surface area contributed by atoms with Gasteiger partial charge in [0.1, 0.15) is 0 Å². The van der Waals surface area contributed by atoms with Crippen LogP contribution >= 0.6 is 0 Å². The van der Waals surface area contributed by atoms with E-state index >= 15 is 0 Å². The Kier molecular flexibility index (Phi) is 7.97. The first-order valence-corrected chi connectivity index (χ1v) is 8.25. The Bertz CT molecular complexity index is 410. The standard InChI is InChI=1S/C17H33N3O/c1-13(2)8-11-21-12-10-20-16(6)17(15(5)19-20)7-9-18-14(3)4/h13-14,18H,7-12H2,1-6H3. The molecule has 0 unspecified atom stereocenters. The minimum Gasteiger partial charge on any atom is -0.380 e. The Morgan fingerprint density at radius 1 is 1.14 bits per heavy atom. The third kappa shape index (κ3) is 6.62. The molecule has 1 heterocycles. The monoisotopic (exact) mass is 295 g/mol. The van der Waals surface area contributed by atoms with Crippen LogP contribution in [0.4, 0.5) is 0 Å². The van der Waals surface area contributed by atoms with E-state index in [-0.39, 0.29) is 0 Å². The van der Waals surface area contributed by atoms with Crippen molar-refractivity contribution >= 4 is 0 Å². The van der Waals surface area contributed by atoms with Crippen LogP contribution < -0.4 is 5.32 Å². The van der Waals surface area contributed by atoms with Crippen LogP contribution in [0.15, 0.2) is 0 Å². The molecule has 21 heavy (non-hydrogen) atoms. The number of aryl methyl sites for hydroxylation is 1. The van der Waals surface area contributed by atoms with Crippen molar-refractivity contribution in [3.8, 4) is 0 Å². The summed E-state index contributed by atoms with van der Waals surface area (Å²) in [6.45, 7) is 16.5. The van der Waals surface area contributed by atoms with E-state index in [2.05, 4.69) is 56.6 Å². The van der Waals surface area contributed by atoms with Gasteiger partial charge in [-0.15, -0.1) is 0 Å². The molecule has 0 atom stereocenters. The third-order valence-electron chi connectivity index (χ3n) is 3.75. The molecule has 0 saturated heterocycles. The fraction of sp³-hybridized carbons (Fsp3) is 0.824. The summed E-state index contributed by atoms with van der Waals surface area (Å²) in [4.78, 5) is 0. The van der Waals surface area contributed by atoms with Crippen molar-refractivity contribution < 1.29 is 4.74 Å². The largest absolute Gasteiger partial charge is 0.380 e. The summed E-state index contributed by atoms with van der Waals surface area (Å²) in [6.07, 6.45) is 2.17. The molecule has 1 rings (SSSR count). The zero-order chi connectivity index (χ0) is 15.8. The lowest BCUT2D eigenvalue weighted by Crippen LogP contribution is -2.25. The van der Waals surface area contributed by atoms with Gasteiger partial charge in [0, 0.05) is 18.3 Å². The number of aromatic nitrogens is 2. The molecular formula is C17H33N3O. The van der Waals surface area contributed by atoms with Gasteiger partial charge in [-0.05, 0) is 44.7 Å². The molecule has 122 valence electrons. The molecule has 0 aliphatic heterocycles. The maximum atomic E-state index is 5.69. The van der Waals surface area contributed by atoms with Gasteiger partial charge < -0.3 is 10.1 Å². The minimum absolute atomic E-state index is 0.537.